The molecule has 0 unspecified atom stereocenters. The molecule has 0 spiro atoms. The lowest BCUT2D eigenvalue weighted by Gasteiger charge is -2.24. The molecule has 2 saturated heterocycles. The highest BCUT2D eigenvalue weighted by Gasteiger charge is 2.49. The van der Waals surface area contributed by atoms with E-state index in [4.69, 9.17) is 4.74 Å². The standard InChI is InChI=1S/C20H19BrN2O4S2/c1-27-17-5-3-2-4-13(17)10-19(24)22-20-23(15-8-6-14(21)7-9-15)16-11-29(25,26)12-18(16)28-20/h2-9,16,18H,10-12H2,1H3/t16-,18+/m1/s1. The largest absolute Gasteiger partial charge is 0.496 e. The number of carbonyl (C=O) groups is 1. The lowest BCUT2D eigenvalue weighted by Crippen LogP contribution is -2.37. The molecule has 4 rings (SSSR count). The summed E-state index contributed by atoms with van der Waals surface area (Å²) in [7, 11) is -1.52. The normalized spacial score (nSPS) is 23.9. The van der Waals surface area contributed by atoms with Crippen molar-refractivity contribution in [2.24, 2.45) is 4.99 Å². The first-order valence-electron chi connectivity index (χ1n) is 9.01. The molecule has 6 nitrogen and oxygen atoms in total. The molecule has 29 heavy (non-hydrogen) atoms. The molecule has 1 amide bonds. The van der Waals surface area contributed by atoms with Crippen molar-refractivity contribution < 1.29 is 17.9 Å². The lowest BCUT2D eigenvalue weighted by molar-refractivity contribution is -0.117. The van der Waals surface area contributed by atoms with Crippen LogP contribution in [-0.2, 0) is 21.1 Å². The number of hydrogen-bond donors (Lipinski definition) is 0. The van der Waals surface area contributed by atoms with Gasteiger partial charge in [0.25, 0.3) is 5.91 Å². The predicted octanol–water partition coefficient (Wildman–Crippen LogP) is 3.30. The number of amidine groups is 1. The number of para-hydroxylation sites is 1. The highest BCUT2D eigenvalue weighted by atomic mass is 79.9. The van der Waals surface area contributed by atoms with Crippen molar-refractivity contribution in [1.82, 2.24) is 0 Å². The van der Waals surface area contributed by atoms with E-state index in [9.17, 15) is 13.2 Å². The van der Waals surface area contributed by atoms with Crippen molar-refractivity contribution in [2.45, 2.75) is 17.7 Å². The minimum atomic E-state index is -3.09. The number of methoxy groups -OCH3 is 1. The van der Waals surface area contributed by atoms with Crippen LogP contribution in [0.5, 0.6) is 5.75 Å². The van der Waals surface area contributed by atoms with Gasteiger partial charge in [-0.05, 0) is 30.3 Å². The number of nitrogens with zero attached hydrogens (tertiary/aromatic N) is 2. The minimum absolute atomic E-state index is 0.0699. The molecule has 0 N–H and O–H groups in total. The van der Waals surface area contributed by atoms with Gasteiger partial charge in [0.2, 0.25) is 0 Å². The van der Waals surface area contributed by atoms with Crippen molar-refractivity contribution in [3.8, 4) is 5.75 Å². The summed E-state index contributed by atoms with van der Waals surface area (Å²) < 4.78 is 30.5. The zero-order valence-corrected chi connectivity index (χ0v) is 18.8. The molecular weight excluding hydrogens is 476 g/mol. The van der Waals surface area contributed by atoms with Gasteiger partial charge in [0.15, 0.2) is 15.0 Å². The van der Waals surface area contributed by atoms with E-state index < -0.39 is 9.84 Å². The molecule has 0 radical (unpaired) electrons. The summed E-state index contributed by atoms with van der Waals surface area (Å²) in [5.41, 5.74) is 1.60. The Morgan fingerprint density at radius 1 is 1.21 bits per heavy atom. The summed E-state index contributed by atoms with van der Waals surface area (Å²) in [5, 5.41) is 0.429. The number of fused-ring (bicyclic) bond motifs is 1. The fourth-order valence-electron chi connectivity index (χ4n) is 3.63. The molecule has 2 aromatic rings. The van der Waals surface area contributed by atoms with Gasteiger partial charge in [0.05, 0.1) is 31.1 Å². The molecule has 2 aliphatic heterocycles. The fourth-order valence-corrected chi connectivity index (χ4v) is 7.82. The van der Waals surface area contributed by atoms with E-state index in [1.54, 1.807) is 7.11 Å². The second-order valence-electron chi connectivity index (χ2n) is 6.92. The predicted molar refractivity (Wildman–Crippen MR) is 120 cm³/mol. The van der Waals surface area contributed by atoms with Gasteiger partial charge in [-0.25, -0.2) is 8.42 Å². The summed E-state index contributed by atoms with van der Waals surface area (Å²) in [6.45, 7) is 0. The van der Waals surface area contributed by atoms with Crippen molar-refractivity contribution in [3.05, 3.63) is 58.6 Å². The van der Waals surface area contributed by atoms with E-state index in [1.807, 2.05) is 53.4 Å². The first-order chi connectivity index (χ1) is 13.9. The second-order valence-corrected chi connectivity index (χ2v) is 11.2. The van der Waals surface area contributed by atoms with E-state index in [-0.39, 0.29) is 35.1 Å². The number of thioether (sulfide) groups is 1. The van der Waals surface area contributed by atoms with Crippen molar-refractivity contribution in [1.29, 1.82) is 0 Å². The number of hydrogen-bond acceptors (Lipinski definition) is 5. The molecule has 9 heteroatoms. The number of ether oxygens (including phenoxy) is 1. The van der Waals surface area contributed by atoms with E-state index in [1.165, 1.54) is 11.8 Å². The molecule has 2 atom stereocenters. The molecule has 2 fully saturated rings. The number of benzene rings is 2. The number of sulfone groups is 1. The molecule has 0 aromatic heterocycles. The van der Waals surface area contributed by atoms with Crippen LogP contribution in [0.4, 0.5) is 5.69 Å². The first kappa shape index (κ1) is 20.4. The number of rotatable bonds is 4. The van der Waals surface area contributed by atoms with Crippen molar-refractivity contribution >= 4 is 54.3 Å². The Bertz CT molecular complexity index is 1070. The molecular formula is C20H19BrN2O4S2. The van der Waals surface area contributed by atoms with E-state index in [2.05, 4.69) is 20.9 Å². The Morgan fingerprint density at radius 3 is 2.66 bits per heavy atom. The van der Waals surface area contributed by atoms with Crippen LogP contribution in [0.2, 0.25) is 0 Å². The maximum atomic E-state index is 12.7. The van der Waals surface area contributed by atoms with Crippen molar-refractivity contribution in [3.63, 3.8) is 0 Å². The summed E-state index contributed by atoms with van der Waals surface area (Å²) in [6, 6.07) is 14.7. The van der Waals surface area contributed by atoms with Crippen LogP contribution in [-0.4, -0.2) is 49.4 Å². The number of anilines is 1. The third kappa shape index (κ3) is 4.36. The van der Waals surface area contributed by atoms with E-state index >= 15 is 0 Å². The Morgan fingerprint density at radius 2 is 1.93 bits per heavy atom. The molecule has 0 aliphatic carbocycles. The Labute approximate surface area is 182 Å². The third-order valence-corrected chi connectivity index (χ3v) is 8.66. The van der Waals surface area contributed by atoms with Crippen LogP contribution in [0.1, 0.15) is 5.56 Å². The van der Waals surface area contributed by atoms with Crippen LogP contribution in [0.3, 0.4) is 0 Å². The zero-order chi connectivity index (χ0) is 20.6. The maximum absolute atomic E-state index is 12.7. The van der Waals surface area contributed by atoms with Gasteiger partial charge < -0.3 is 9.64 Å². The smallest absolute Gasteiger partial charge is 0.252 e. The average Bonchev–Trinajstić information content (AvgIpc) is 3.13. The van der Waals surface area contributed by atoms with Gasteiger partial charge in [-0.15, -0.1) is 0 Å². The van der Waals surface area contributed by atoms with E-state index in [0.717, 1.165) is 15.7 Å². The molecule has 2 heterocycles. The highest BCUT2D eigenvalue weighted by molar-refractivity contribution is 9.10. The average molecular weight is 495 g/mol. The summed E-state index contributed by atoms with van der Waals surface area (Å²) in [4.78, 5) is 19.0. The van der Waals surface area contributed by atoms with E-state index in [0.29, 0.717) is 10.9 Å². The monoisotopic (exact) mass is 494 g/mol. The summed E-state index contributed by atoms with van der Waals surface area (Å²) in [5.74, 6) is 0.532. The van der Waals surface area contributed by atoms with Gasteiger partial charge >= 0.3 is 0 Å². The quantitative estimate of drug-likeness (QED) is 0.648. The Kier molecular flexibility index (Phi) is 5.72. The fraction of sp³-hybridized carbons (Fsp3) is 0.300. The second kappa shape index (κ2) is 8.12. The van der Waals surface area contributed by atoms with Gasteiger partial charge in [-0.3, -0.25) is 4.79 Å². The minimum Gasteiger partial charge on any atom is -0.496 e. The summed E-state index contributed by atoms with van der Waals surface area (Å²) >= 11 is 4.79. The topological polar surface area (TPSA) is 76.0 Å². The molecule has 0 saturated carbocycles. The van der Waals surface area contributed by atoms with Gasteiger partial charge in [-0.1, -0.05) is 45.9 Å². The van der Waals surface area contributed by atoms with Gasteiger partial charge in [0.1, 0.15) is 5.75 Å². The van der Waals surface area contributed by atoms with Crippen LogP contribution >= 0.6 is 27.7 Å². The SMILES string of the molecule is COc1ccccc1CC(=O)N=C1S[C@H]2CS(=O)(=O)C[C@H]2N1c1ccc(Br)cc1. The van der Waals surface area contributed by atoms with Crippen LogP contribution < -0.4 is 9.64 Å². The van der Waals surface area contributed by atoms with Crippen LogP contribution in [0, 0.1) is 0 Å². The molecule has 0 bridgehead atoms. The van der Waals surface area contributed by atoms with Gasteiger partial charge in [0, 0.05) is 21.0 Å². The number of amides is 1. The molecule has 152 valence electrons. The highest BCUT2D eigenvalue weighted by Crippen LogP contribution is 2.41. The summed E-state index contributed by atoms with van der Waals surface area (Å²) in [6.07, 6.45) is 0.121. The van der Waals surface area contributed by atoms with Gasteiger partial charge in [-0.2, -0.15) is 4.99 Å². The first-order valence-corrected chi connectivity index (χ1v) is 12.5. The lowest BCUT2D eigenvalue weighted by atomic mass is 10.1. The Hall–Kier alpha value is -1.84. The zero-order valence-electron chi connectivity index (χ0n) is 15.6. The number of carbonyl (C=O) groups excluding carboxylic acids is 1. The van der Waals surface area contributed by atoms with Crippen LogP contribution in [0.15, 0.2) is 58.0 Å². The number of aliphatic imine (C=N–C) groups is 1. The third-order valence-electron chi connectivity index (χ3n) is 4.93. The number of halogens is 1. The maximum Gasteiger partial charge on any atom is 0.252 e. The van der Waals surface area contributed by atoms with Crippen molar-refractivity contribution in [2.75, 3.05) is 23.5 Å². The molecule has 2 aliphatic rings. The molecule has 2 aromatic carbocycles. The Balaban J connectivity index is 1.64. The van der Waals surface area contributed by atoms with Crippen LogP contribution in [0.25, 0.3) is 0 Å².